The van der Waals surface area contributed by atoms with Crippen molar-refractivity contribution in [3.05, 3.63) is 0 Å². The standard InChI is InChI=1S/C19H39NO2/c1-3-4-5-6-7-8-9-10-11-12-13-14-18(21)17-15-20-16(2)19(17)22/h16-22H,3-15H2,1-2H3/t16-,17+,18+,19-/m0/s1. The molecular weight excluding hydrogens is 274 g/mol. The first-order valence-corrected chi connectivity index (χ1v) is 9.76. The third-order valence-electron chi connectivity index (χ3n) is 5.22. The van der Waals surface area contributed by atoms with E-state index < -0.39 is 0 Å². The molecule has 0 aliphatic carbocycles. The van der Waals surface area contributed by atoms with Crippen molar-refractivity contribution < 1.29 is 10.2 Å². The third kappa shape index (κ3) is 7.94. The Hall–Kier alpha value is -0.120. The molecule has 0 aromatic heterocycles. The molecule has 132 valence electrons. The molecular formula is C19H39NO2. The Kier molecular flexibility index (Phi) is 11.2. The molecule has 1 aliphatic rings. The van der Waals surface area contributed by atoms with Crippen LogP contribution in [0.1, 0.15) is 90.9 Å². The summed E-state index contributed by atoms with van der Waals surface area (Å²) in [5.74, 6) is 0.0260. The average molecular weight is 314 g/mol. The summed E-state index contributed by atoms with van der Waals surface area (Å²) in [6.07, 6.45) is 14.8. The van der Waals surface area contributed by atoms with Crippen molar-refractivity contribution in [2.24, 2.45) is 5.92 Å². The van der Waals surface area contributed by atoms with Crippen LogP contribution in [0, 0.1) is 5.92 Å². The van der Waals surface area contributed by atoms with Crippen molar-refractivity contribution in [2.75, 3.05) is 6.54 Å². The maximum Gasteiger partial charge on any atom is 0.0755 e. The van der Waals surface area contributed by atoms with E-state index in [-0.39, 0.29) is 24.2 Å². The van der Waals surface area contributed by atoms with E-state index in [4.69, 9.17) is 0 Å². The van der Waals surface area contributed by atoms with Gasteiger partial charge in [0, 0.05) is 18.5 Å². The highest BCUT2D eigenvalue weighted by molar-refractivity contribution is 4.91. The van der Waals surface area contributed by atoms with Gasteiger partial charge in [0.15, 0.2) is 0 Å². The number of hydrogen-bond acceptors (Lipinski definition) is 3. The van der Waals surface area contributed by atoms with E-state index in [9.17, 15) is 10.2 Å². The van der Waals surface area contributed by atoms with E-state index in [0.717, 1.165) is 19.4 Å². The largest absolute Gasteiger partial charge is 0.393 e. The van der Waals surface area contributed by atoms with Gasteiger partial charge in [-0.15, -0.1) is 0 Å². The Labute approximate surface area is 137 Å². The van der Waals surface area contributed by atoms with Gasteiger partial charge in [-0.3, -0.25) is 0 Å². The second-order valence-electron chi connectivity index (χ2n) is 7.24. The van der Waals surface area contributed by atoms with Crippen LogP contribution in [0.5, 0.6) is 0 Å². The molecule has 3 heteroatoms. The quantitative estimate of drug-likeness (QED) is 0.450. The molecule has 0 radical (unpaired) electrons. The van der Waals surface area contributed by atoms with E-state index in [1.54, 1.807) is 0 Å². The van der Waals surface area contributed by atoms with E-state index in [1.165, 1.54) is 64.2 Å². The number of aliphatic hydroxyl groups is 2. The van der Waals surface area contributed by atoms with Gasteiger partial charge < -0.3 is 15.5 Å². The summed E-state index contributed by atoms with van der Waals surface area (Å²) in [6, 6.07) is 0.122. The lowest BCUT2D eigenvalue weighted by molar-refractivity contribution is 0.0264. The molecule has 1 aliphatic heterocycles. The summed E-state index contributed by atoms with van der Waals surface area (Å²) in [7, 11) is 0. The first kappa shape index (κ1) is 19.9. The maximum absolute atomic E-state index is 10.2. The first-order valence-electron chi connectivity index (χ1n) is 9.76. The van der Waals surface area contributed by atoms with Crippen LogP contribution in [0.4, 0.5) is 0 Å². The summed E-state index contributed by atoms with van der Waals surface area (Å²) in [4.78, 5) is 0. The fourth-order valence-electron chi connectivity index (χ4n) is 3.53. The third-order valence-corrected chi connectivity index (χ3v) is 5.22. The first-order chi connectivity index (χ1) is 10.7. The molecule has 0 aromatic carbocycles. The number of unbranched alkanes of at least 4 members (excludes halogenated alkanes) is 10. The van der Waals surface area contributed by atoms with Crippen LogP contribution in [-0.4, -0.2) is 35.0 Å². The zero-order chi connectivity index (χ0) is 16.2. The molecule has 1 saturated heterocycles. The fourth-order valence-corrected chi connectivity index (χ4v) is 3.53. The smallest absolute Gasteiger partial charge is 0.0755 e. The number of nitrogens with one attached hydrogen (secondary N) is 1. The van der Waals surface area contributed by atoms with Crippen LogP contribution in [-0.2, 0) is 0 Å². The van der Waals surface area contributed by atoms with Gasteiger partial charge in [0.05, 0.1) is 12.2 Å². The van der Waals surface area contributed by atoms with Crippen LogP contribution in [0.15, 0.2) is 0 Å². The molecule has 0 bridgehead atoms. The number of rotatable bonds is 13. The van der Waals surface area contributed by atoms with E-state index >= 15 is 0 Å². The molecule has 1 rings (SSSR count). The number of aliphatic hydroxyl groups excluding tert-OH is 2. The van der Waals surface area contributed by atoms with Crippen LogP contribution >= 0.6 is 0 Å². The van der Waals surface area contributed by atoms with Crippen molar-refractivity contribution >= 4 is 0 Å². The van der Waals surface area contributed by atoms with Crippen LogP contribution in [0.2, 0.25) is 0 Å². The molecule has 0 saturated carbocycles. The fraction of sp³-hybridized carbons (Fsp3) is 1.00. The second-order valence-corrected chi connectivity index (χ2v) is 7.24. The Morgan fingerprint density at radius 2 is 1.41 bits per heavy atom. The molecule has 3 nitrogen and oxygen atoms in total. The summed E-state index contributed by atoms with van der Waals surface area (Å²) in [6.45, 7) is 5.00. The topological polar surface area (TPSA) is 52.5 Å². The van der Waals surface area contributed by atoms with Gasteiger partial charge in [0.25, 0.3) is 0 Å². The van der Waals surface area contributed by atoms with Crippen molar-refractivity contribution in [1.82, 2.24) is 5.32 Å². The summed E-state index contributed by atoms with van der Waals surface area (Å²) < 4.78 is 0. The summed E-state index contributed by atoms with van der Waals surface area (Å²) in [5.41, 5.74) is 0. The summed E-state index contributed by atoms with van der Waals surface area (Å²) >= 11 is 0. The zero-order valence-corrected chi connectivity index (χ0v) is 14.9. The van der Waals surface area contributed by atoms with Crippen molar-refractivity contribution in [1.29, 1.82) is 0 Å². The SMILES string of the molecule is CCCCCCCCCCCCC[C@@H](O)[C@H]1CN[C@@H](C)[C@@H]1O. The predicted molar refractivity (Wildman–Crippen MR) is 94.0 cm³/mol. The van der Waals surface area contributed by atoms with Gasteiger partial charge in [0.1, 0.15) is 0 Å². The molecule has 0 spiro atoms. The molecule has 0 unspecified atom stereocenters. The van der Waals surface area contributed by atoms with Crippen LogP contribution in [0.3, 0.4) is 0 Å². The minimum atomic E-state index is -0.386. The molecule has 0 aromatic rings. The second kappa shape index (κ2) is 12.3. The van der Waals surface area contributed by atoms with Crippen LogP contribution in [0.25, 0.3) is 0 Å². The minimum Gasteiger partial charge on any atom is -0.393 e. The maximum atomic E-state index is 10.2. The molecule has 3 N–H and O–H groups in total. The Balaban J connectivity index is 1.87. The van der Waals surface area contributed by atoms with Crippen molar-refractivity contribution in [2.45, 2.75) is 109 Å². The Bertz CT molecular complexity index is 260. The lowest BCUT2D eigenvalue weighted by atomic mass is 9.92. The highest BCUT2D eigenvalue weighted by Crippen LogP contribution is 2.22. The Morgan fingerprint density at radius 3 is 1.86 bits per heavy atom. The minimum absolute atomic E-state index is 0.0260. The highest BCUT2D eigenvalue weighted by Gasteiger charge is 2.35. The van der Waals surface area contributed by atoms with E-state index in [1.807, 2.05) is 6.92 Å². The molecule has 1 heterocycles. The van der Waals surface area contributed by atoms with Gasteiger partial charge in [-0.25, -0.2) is 0 Å². The van der Waals surface area contributed by atoms with Gasteiger partial charge >= 0.3 is 0 Å². The number of hydrogen-bond donors (Lipinski definition) is 3. The van der Waals surface area contributed by atoms with E-state index in [2.05, 4.69) is 12.2 Å². The van der Waals surface area contributed by atoms with Gasteiger partial charge in [-0.2, -0.15) is 0 Å². The Morgan fingerprint density at radius 1 is 0.909 bits per heavy atom. The molecule has 4 atom stereocenters. The van der Waals surface area contributed by atoms with Gasteiger partial charge in [0.2, 0.25) is 0 Å². The normalized spacial score (nSPS) is 26.5. The molecule has 1 fully saturated rings. The molecule has 0 amide bonds. The summed E-state index contributed by atoms with van der Waals surface area (Å²) in [5, 5.41) is 23.4. The highest BCUT2D eigenvalue weighted by atomic mass is 16.3. The van der Waals surface area contributed by atoms with E-state index in [0.29, 0.717) is 0 Å². The molecule has 22 heavy (non-hydrogen) atoms. The van der Waals surface area contributed by atoms with Crippen molar-refractivity contribution in [3.63, 3.8) is 0 Å². The van der Waals surface area contributed by atoms with Gasteiger partial charge in [-0.05, 0) is 13.3 Å². The monoisotopic (exact) mass is 313 g/mol. The average Bonchev–Trinajstić information content (AvgIpc) is 2.84. The van der Waals surface area contributed by atoms with Crippen LogP contribution < -0.4 is 5.32 Å². The zero-order valence-electron chi connectivity index (χ0n) is 14.9. The van der Waals surface area contributed by atoms with Crippen molar-refractivity contribution in [3.8, 4) is 0 Å². The lowest BCUT2D eigenvalue weighted by Crippen LogP contribution is -2.33. The van der Waals surface area contributed by atoms with Gasteiger partial charge in [-0.1, -0.05) is 77.6 Å². The lowest BCUT2D eigenvalue weighted by Gasteiger charge is -2.21. The predicted octanol–water partition coefficient (Wildman–Crippen LogP) is 4.02.